The van der Waals surface area contributed by atoms with Crippen molar-refractivity contribution in [2.75, 3.05) is 17.3 Å². The number of aromatic nitrogens is 3. The Morgan fingerprint density at radius 1 is 1.18 bits per heavy atom. The van der Waals surface area contributed by atoms with E-state index in [-0.39, 0.29) is 5.91 Å². The minimum Gasteiger partial charge on any atom is -0.490 e. The summed E-state index contributed by atoms with van der Waals surface area (Å²) in [5.74, 6) is 1.84. The summed E-state index contributed by atoms with van der Waals surface area (Å²) in [5, 5.41) is 9.36. The first-order valence-electron chi connectivity index (χ1n) is 11.4. The van der Waals surface area contributed by atoms with Crippen LogP contribution < -0.4 is 14.4 Å². The lowest BCUT2D eigenvalue weighted by atomic mass is 10.1. The van der Waals surface area contributed by atoms with E-state index in [1.54, 1.807) is 22.7 Å². The van der Waals surface area contributed by atoms with Crippen molar-refractivity contribution in [1.29, 1.82) is 0 Å². The van der Waals surface area contributed by atoms with Gasteiger partial charge in [-0.05, 0) is 36.8 Å². The zero-order valence-electron chi connectivity index (χ0n) is 19.4. The summed E-state index contributed by atoms with van der Waals surface area (Å²) < 4.78 is 12.0. The summed E-state index contributed by atoms with van der Waals surface area (Å²) in [5.41, 5.74) is 2.77. The van der Waals surface area contributed by atoms with Gasteiger partial charge < -0.3 is 9.47 Å². The quantitative estimate of drug-likeness (QED) is 0.218. The predicted octanol–water partition coefficient (Wildman–Crippen LogP) is 5.83. The number of nitrogens with zero attached hydrogens (tertiary/aromatic N) is 4. The molecule has 8 heteroatoms. The lowest BCUT2D eigenvalue weighted by Crippen LogP contribution is -2.36. The number of ether oxygens (including phenoxy) is 2. The standard InChI is InChI=1S/C26H28N4O3S/c1-4-6-9-17-34-26-27-24-23(28-29-26)21-10-7-8-11-22(21)30(18(3)31)25(33-24)19-12-14-20(15-13-19)32-16-5-2/h5,7-8,10-15,25H,2,4,6,9,16-17H2,1,3H3. The topological polar surface area (TPSA) is 77.4 Å². The van der Waals surface area contributed by atoms with Gasteiger partial charge in [0.2, 0.25) is 23.2 Å². The van der Waals surface area contributed by atoms with Gasteiger partial charge in [0, 0.05) is 23.8 Å². The third-order valence-electron chi connectivity index (χ3n) is 5.36. The molecule has 4 rings (SSSR count). The summed E-state index contributed by atoms with van der Waals surface area (Å²) in [6.45, 7) is 7.80. The van der Waals surface area contributed by atoms with Crippen LogP contribution in [0.1, 0.15) is 44.9 Å². The third-order valence-corrected chi connectivity index (χ3v) is 6.29. The molecule has 1 aromatic heterocycles. The number of para-hydroxylation sites is 1. The van der Waals surface area contributed by atoms with E-state index in [4.69, 9.17) is 14.5 Å². The second kappa shape index (κ2) is 11.2. The molecule has 0 saturated heterocycles. The molecule has 176 valence electrons. The van der Waals surface area contributed by atoms with Gasteiger partial charge in [-0.2, -0.15) is 4.98 Å². The summed E-state index contributed by atoms with van der Waals surface area (Å²) in [6, 6.07) is 15.1. The molecular formula is C26H28N4O3S. The highest BCUT2D eigenvalue weighted by atomic mass is 32.2. The summed E-state index contributed by atoms with van der Waals surface area (Å²) in [4.78, 5) is 19.2. The van der Waals surface area contributed by atoms with E-state index >= 15 is 0 Å². The van der Waals surface area contributed by atoms with E-state index in [2.05, 4.69) is 23.7 Å². The zero-order valence-corrected chi connectivity index (χ0v) is 20.3. The molecule has 0 N–H and O–H groups in total. The molecule has 1 unspecified atom stereocenters. The maximum atomic E-state index is 12.9. The highest BCUT2D eigenvalue weighted by molar-refractivity contribution is 7.99. The second-order valence-electron chi connectivity index (χ2n) is 7.85. The van der Waals surface area contributed by atoms with Crippen molar-refractivity contribution >= 4 is 23.4 Å². The highest BCUT2D eigenvalue weighted by Crippen LogP contribution is 2.43. The van der Waals surface area contributed by atoms with Gasteiger partial charge in [-0.3, -0.25) is 9.69 Å². The smallest absolute Gasteiger partial charge is 0.247 e. The molecular weight excluding hydrogens is 448 g/mol. The lowest BCUT2D eigenvalue weighted by molar-refractivity contribution is -0.118. The fraction of sp³-hybridized carbons (Fsp3) is 0.308. The fourth-order valence-corrected chi connectivity index (χ4v) is 4.51. The number of benzene rings is 2. The molecule has 2 aromatic carbocycles. The first kappa shape index (κ1) is 23.8. The van der Waals surface area contributed by atoms with Crippen molar-refractivity contribution in [2.45, 2.75) is 44.5 Å². The normalized spacial score (nSPS) is 14.4. The van der Waals surface area contributed by atoms with Crippen LogP contribution in [0.15, 0.2) is 66.3 Å². The average Bonchev–Trinajstić information content (AvgIpc) is 3.00. The van der Waals surface area contributed by atoms with Crippen LogP contribution >= 0.6 is 11.8 Å². The van der Waals surface area contributed by atoms with Gasteiger partial charge >= 0.3 is 0 Å². The minimum absolute atomic E-state index is 0.153. The lowest BCUT2D eigenvalue weighted by Gasteiger charge is -2.30. The number of unbranched alkanes of at least 4 members (excludes halogenated alkanes) is 2. The van der Waals surface area contributed by atoms with Crippen molar-refractivity contribution in [3.8, 4) is 22.9 Å². The van der Waals surface area contributed by atoms with Crippen molar-refractivity contribution in [1.82, 2.24) is 15.2 Å². The summed E-state index contributed by atoms with van der Waals surface area (Å²) >= 11 is 1.57. The summed E-state index contributed by atoms with van der Waals surface area (Å²) in [6.07, 6.45) is 4.38. The number of rotatable bonds is 9. The molecule has 1 atom stereocenters. The Hall–Kier alpha value is -3.39. The van der Waals surface area contributed by atoms with Crippen molar-refractivity contribution < 1.29 is 14.3 Å². The van der Waals surface area contributed by atoms with E-state index in [1.165, 1.54) is 6.92 Å². The van der Waals surface area contributed by atoms with Gasteiger partial charge in [0.1, 0.15) is 12.4 Å². The van der Waals surface area contributed by atoms with Crippen LogP contribution in [0, 0.1) is 0 Å². The number of hydrogen-bond acceptors (Lipinski definition) is 7. The van der Waals surface area contributed by atoms with Crippen molar-refractivity contribution in [2.24, 2.45) is 0 Å². The van der Waals surface area contributed by atoms with Crippen LogP contribution in [0.4, 0.5) is 5.69 Å². The molecule has 0 bridgehead atoms. The number of carbonyl (C=O) groups excluding carboxylic acids is 1. The molecule has 1 amide bonds. The predicted molar refractivity (Wildman–Crippen MR) is 134 cm³/mol. The SMILES string of the molecule is C=CCOc1ccc(C2Oc3nc(SCCCCC)nnc3-c3ccccc3N2C(C)=O)cc1. The Kier molecular flexibility index (Phi) is 7.80. The van der Waals surface area contributed by atoms with E-state index < -0.39 is 6.23 Å². The molecule has 1 aliphatic heterocycles. The third kappa shape index (κ3) is 5.22. The molecule has 0 aliphatic carbocycles. The van der Waals surface area contributed by atoms with E-state index in [0.29, 0.717) is 34.8 Å². The first-order valence-corrected chi connectivity index (χ1v) is 12.4. The van der Waals surface area contributed by atoms with Crippen LogP contribution in [-0.4, -0.2) is 33.4 Å². The Balaban J connectivity index is 1.74. The Labute approximate surface area is 204 Å². The molecule has 7 nitrogen and oxygen atoms in total. The second-order valence-corrected chi connectivity index (χ2v) is 8.91. The average molecular weight is 477 g/mol. The minimum atomic E-state index is -0.719. The van der Waals surface area contributed by atoms with E-state index in [9.17, 15) is 4.79 Å². The van der Waals surface area contributed by atoms with Gasteiger partial charge in [0.05, 0.1) is 5.69 Å². The van der Waals surface area contributed by atoms with Crippen molar-refractivity contribution in [3.63, 3.8) is 0 Å². The molecule has 34 heavy (non-hydrogen) atoms. The molecule has 3 aromatic rings. The maximum absolute atomic E-state index is 12.9. The van der Waals surface area contributed by atoms with Crippen LogP contribution in [0.2, 0.25) is 0 Å². The Morgan fingerprint density at radius 2 is 1.97 bits per heavy atom. The van der Waals surface area contributed by atoms with Gasteiger partial charge in [0.15, 0.2) is 5.69 Å². The van der Waals surface area contributed by atoms with Crippen LogP contribution in [0.3, 0.4) is 0 Å². The Morgan fingerprint density at radius 3 is 2.71 bits per heavy atom. The van der Waals surface area contributed by atoms with Gasteiger partial charge in [0.25, 0.3) is 0 Å². The molecule has 0 radical (unpaired) electrons. The van der Waals surface area contributed by atoms with E-state index in [1.807, 2.05) is 48.5 Å². The zero-order chi connectivity index (χ0) is 23.9. The van der Waals surface area contributed by atoms with Crippen molar-refractivity contribution in [3.05, 3.63) is 66.7 Å². The first-order chi connectivity index (χ1) is 16.6. The van der Waals surface area contributed by atoms with Crippen LogP contribution in [0.5, 0.6) is 11.6 Å². The van der Waals surface area contributed by atoms with Gasteiger partial charge in [-0.25, -0.2) is 0 Å². The number of hydrogen-bond donors (Lipinski definition) is 0. The molecule has 0 spiro atoms. The fourth-order valence-electron chi connectivity index (χ4n) is 3.73. The van der Waals surface area contributed by atoms with Gasteiger partial charge in [-0.1, -0.05) is 62.4 Å². The monoisotopic (exact) mass is 476 g/mol. The van der Waals surface area contributed by atoms with Gasteiger partial charge in [-0.15, -0.1) is 10.2 Å². The number of fused-ring (bicyclic) bond motifs is 3. The number of carbonyl (C=O) groups is 1. The summed E-state index contributed by atoms with van der Waals surface area (Å²) in [7, 11) is 0. The highest BCUT2D eigenvalue weighted by Gasteiger charge is 2.34. The molecule has 1 aliphatic rings. The number of anilines is 1. The number of amides is 1. The van der Waals surface area contributed by atoms with Crippen LogP contribution in [-0.2, 0) is 4.79 Å². The maximum Gasteiger partial charge on any atom is 0.247 e. The molecule has 2 heterocycles. The Bertz CT molecular complexity index is 1150. The largest absolute Gasteiger partial charge is 0.490 e. The molecule has 0 saturated carbocycles. The molecule has 0 fully saturated rings. The van der Waals surface area contributed by atoms with E-state index in [0.717, 1.165) is 36.1 Å². The number of thioether (sulfide) groups is 1. The van der Waals surface area contributed by atoms with Crippen LogP contribution in [0.25, 0.3) is 11.3 Å².